The standard InChI is InChI=1S/C28H29N3O/c1-20(28(32)31-16-15-21-9-5-6-12-23(21)19-31)29-17-25(22-10-3-2-4-11-22)26-18-30-27-14-8-7-13-24(26)27/h2-14,18,20,25,29-30H,15-17,19H2,1H3/t20-,25+/m1/s1. The van der Waals surface area contributed by atoms with Gasteiger partial charge in [0.2, 0.25) is 5.91 Å². The zero-order valence-electron chi connectivity index (χ0n) is 18.4. The van der Waals surface area contributed by atoms with E-state index in [1.165, 1.54) is 27.6 Å². The number of aromatic amines is 1. The van der Waals surface area contributed by atoms with Crippen LogP contribution in [0.15, 0.2) is 85.1 Å². The van der Waals surface area contributed by atoms with Gasteiger partial charge in [-0.15, -0.1) is 0 Å². The minimum atomic E-state index is -0.239. The summed E-state index contributed by atoms with van der Waals surface area (Å²) in [5.41, 5.74) is 6.27. The van der Waals surface area contributed by atoms with Gasteiger partial charge in [0.15, 0.2) is 0 Å². The maximum Gasteiger partial charge on any atom is 0.239 e. The number of benzene rings is 3. The number of hydrogen-bond donors (Lipinski definition) is 2. The third-order valence-corrected chi connectivity index (χ3v) is 6.64. The molecule has 5 rings (SSSR count). The Kier molecular flexibility index (Phi) is 5.78. The van der Waals surface area contributed by atoms with Gasteiger partial charge in [-0.2, -0.15) is 0 Å². The summed E-state index contributed by atoms with van der Waals surface area (Å²) in [6, 6.07) is 27.1. The Morgan fingerprint density at radius 1 is 0.969 bits per heavy atom. The lowest BCUT2D eigenvalue weighted by Gasteiger charge is -2.31. The molecule has 2 atom stereocenters. The fraction of sp³-hybridized carbons (Fsp3) is 0.250. The van der Waals surface area contributed by atoms with Crippen molar-refractivity contribution in [2.75, 3.05) is 13.1 Å². The number of amides is 1. The summed E-state index contributed by atoms with van der Waals surface area (Å²) in [6.45, 7) is 4.17. The number of para-hydroxylation sites is 1. The van der Waals surface area contributed by atoms with Gasteiger partial charge in [-0.05, 0) is 41.7 Å². The van der Waals surface area contributed by atoms with Crippen LogP contribution in [0.4, 0.5) is 0 Å². The van der Waals surface area contributed by atoms with Crippen LogP contribution < -0.4 is 5.32 Å². The van der Waals surface area contributed by atoms with E-state index in [1.54, 1.807) is 0 Å². The molecule has 0 unspecified atom stereocenters. The van der Waals surface area contributed by atoms with E-state index in [4.69, 9.17) is 0 Å². The molecule has 2 heterocycles. The highest BCUT2D eigenvalue weighted by molar-refractivity contribution is 5.84. The molecule has 4 nitrogen and oxygen atoms in total. The predicted molar refractivity (Wildman–Crippen MR) is 130 cm³/mol. The third kappa shape index (κ3) is 4.06. The van der Waals surface area contributed by atoms with Gasteiger partial charge in [0.25, 0.3) is 0 Å². The SMILES string of the molecule is C[C@@H](NC[C@@H](c1ccccc1)c1c[nH]c2ccccc12)C(=O)N1CCc2ccccc2C1. The van der Waals surface area contributed by atoms with Crippen molar-refractivity contribution in [3.05, 3.63) is 107 Å². The Morgan fingerprint density at radius 2 is 1.69 bits per heavy atom. The topological polar surface area (TPSA) is 48.1 Å². The molecule has 0 bridgehead atoms. The first-order chi connectivity index (χ1) is 15.7. The highest BCUT2D eigenvalue weighted by atomic mass is 16.2. The number of aromatic nitrogens is 1. The molecule has 162 valence electrons. The van der Waals surface area contributed by atoms with E-state index in [1.807, 2.05) is 17.9 Å². The largest absolute Gasteiger partial charge is 0.361 e. The van der Waals surface area contributed by atoms with Gasteiger partial charge < -0.3 is 15.2 Å². The average molecular weight is 424 g/mol. The Morgan fingerprint density at radius 3 is 2.53 bits per heavy atom. The van der Waals surface area contributed by atoms with Gasteiger partial charge in [0, 0.05) is 42.7 Å². The average Bonchev–Trinajstić information content (AvgIpc) is 3.28. The number of H-pyrrole nitrogens is 1. The summed E-state index contributed by atoms with van der Waals surface area (Å²) in [5, 5.41) is 4.78. The molecule has 3 aromatic carbocycles. The molecule has 1 aliphatic rings. The van der Waals surface area contributed by atoms with Crippen LogP contribution in [0.3, 0.4) is 0 Å². The van der Waals surface area contributed by atoms with Crippen molar-refractivity contribution < 1.29 is 4.79 Å². The van der Waals surface area contributed by atoms with Crippen LogP contribution in [0.1, 0.15) is 35.1 Å². The molecule has 0 saturated carbocycles. The van der Waals surface area contributed by atoms with Crippen molar-refractivity contribution in [1.29, 1.82) is 0 Å². The van der Waals surface area contributed by atoms with Gasteiger partial charge >= 0.3 is 0 Å². The summed E-state index contributed by atoms with van der Waals surface area (Å²) >= 11 is 0. The highest BCUT2D eigenvalue weighted by Gasteiger charge is 2.26. The molecular formula is C28H29N3O. The van der Waals surface area contributed by atoms with Crippen molar-refractivity contribution in [2.45, 2.75) is 31.8 Å². The first-order valence-electron chi connectivity index (χ1n) is 11.4. The van der Waals surface area contributed by atoms with Crippen molar-refractivity contribution in [3.8, 4) is 0 Å². The zero-order valence-corrected chi connectivity index (χ0v) is 18.4. The summed E-state index contributed by atoms with van der Waals surface area (Å²) in [5.74, 6) is 0.329. The van der Waals surface area contributed by atoms with Gasteiger partial charge in [0.1, 0.15) is 0 Å². The van der Waals surface area contributed by atoms with Gasteiger partial charge in [-0.3, -0.25) is 4.79 Å². The first kappa shape index (κ1) is 20.5. The van der Waals surface area contributed by atoms with Crippen LogP contribution in [-0.2, 0) is 17.8 Å². The molecule has 0 fully saturated rings. The van der Waals surface area contributed by atoms with Crippen LogP contribution in [0, 0.1) is 0 Å². The summed E-state index contributed by atoms with van der Waals surface area (Å²) in [4.78, 5) is 18.6. The minimum absolute atomic E-state index is 0.157. The van der Waals surface area contributed by atoms with E-state index in [0.717, 1.165) is 18.5 Å². The van der Waals surface area contributed by atoms with E-state index in [9.17, 15) is 4.79 Å². The lowest BCUT2D eigenvalue weighted by Crippen LogP contribution is -2.47. The fourth-order valence-corrected chi connectivity index (χ4v) is 4.81. The molecule has 0 saturated heterocycles. The van der Waals surface area contributed by atoms with Crippen LogP contribution >= 0.6 is 0 Å². The summed E-state index contributed by atoms with van der Waals surface area (Å²) in [6.07, 6.45) is 3.04. The van der Waals surface area contributed by atoms with Crippen molar-refractivity contribution in [3.63, 3.8) is 0 Å². The van der Waals surface area contributed by atoms with Gasteiger partial charge in [-0.1, -0.05) is 72.8 Å². The first-order valence-corrected chi connectivity index (χ1v) is 11.4. The van der Waals surface area contributed by atoms with Crippen LogP contribution in [0.2, 0.25) is 0 Å². The third-order valence-electron chi connectivity index (χ3n) is 6.64. The van der Waals surface area contributed by atoms with E-state index in [-0.39, 0.29) is 17.9 Å². The number of nitrogens with zero attached hydrogens (tertiary/aromatic N) is 1. The second-order valence-corrected chi connectivity index (χ2v) is 8.66. The number of rotatable bonds is 6. The summed E-state index contributed by atoms with van der Waals surface area (Å²) < 4.78 is 0. The van der Waals surface area contributed by atoms with E-state index in [0.29, 0.717) is 13.1 Å². The number of nitrogens with one attached hydrogen (secondary N) is 2. The Hall–Kier alpha value is -3.37. The Balaban J connectivity index is 1.33. The number of fused-ring (bicyclic) bond motifs is 2. The van der Waals surface area contributed by atoms with Crippen LogP contribution in [0.5, 0.6) is 0 Å². The molecule has 0 spiro atoms. The van der Waals surface area contributed by atoms with Crippen molar-refractivity contribution in [1.82, 2.24) is 15.2 Å². The molecule has 4 heteroatoms. The Labute approximate surface area is 189 Å². The Bertz CT molecular complexity index is 1210. The number of carbonyl (C=O) groups excluding carboxylic acids is 1. The quantitative estimate of drug-likeness (QED) is 0.465. The maximum absolute atomic E-state index is 13.2. The predicted octanol–water partition coefficient (Wildman–Crippen LogP) is 4.86. The van der Waals surface area contributed by atoms with Crippen molar-refractivity contribution in [2.24, 2.45) is 0 Å². The normalized spacial score (nSPS) is 15.3. The molecule has 1 aromatic heterocycles. The zero-order chi connectivity index (χ0) is 21.9. The molecule has 0 aliphatic carbocycles. The second-order valence-electron chi connectivity index (χ2n) is 8.66. The van der Waals surface area contributed by atoms with Gasteiger partial charge in [-0.25, -0.2) is 0 Å². The van der Waals surface area contributed by atoms with E-state index < -0.39 is 0 Å². The molecule has 0 radical (unpaired) electrons. The fourth-order valence-electron chi connectivity index (χ4n) is 4.81. The molecule has 1 aliphatic heterocycles. The lowest BCUT2D eigenvalue weighted by atomic mass is 9.90. The second kappa shape index (κ2) is 9.01. The minimum Gasteiger partial charge on any atom is -0.361 e. The molecular weight excluding hydrogens is 394 g/mol. The van der Waals surface area contributed by atoms with Crippen LogP contribution in [0.25, 0.3) is 10.9 Å². The van der Waals surface area contributed by atoms with E-state index in [2.05, 4.69) is 89.3 Å². The molecule has 2 N–H and O–H groups in total. The molecule has 32 heavy (non-hydrogen) atoms. The molecule has 4 aromatic rings. The van der Waals surface area contributed by atoms with E-state index >= 15 is 0 Å². The lowest BCUT2D eigenvalue weighted by molar-refractivity contribution is -0.134. The monoisotopic (exact) mass is 423 g/mol. The van der Waals surface area contributed by atoms with Crippen LogP contribution in [-0.4, -0.2) is 34.9 Å². The highest BCUT2D eigenvalue weighted by Crippen LogP contribution is 2.30. The number of hydrogen-bond acceptors (Lipinski definition) is 2. The van der Waals surface area contributed by atoms with Crippen molar-refractivity contribution >= 4 is 16.8 Å². The number of carbonyl (C=O) groups is 1. The van der Waals surface area contributed by atoms with Gasteiger partial charge in [0.05, 0.1) is 6.04 Å². The maximum atomic E-state index is 13.2. The molecule has 1 amide bonds. The summed E-state index contributed by atoms with van der Waals surface area (Å²) in [7, 11) is 0. The smallest absolute Gasteiger partial charge is 0.239 e.